The summed E-state index contributed by atoms with van der Waals surface area (Å²) < 4.78 is 28.3. The number of aromatic nitrogens is 3. The van der Waals surface area contributed by atoms with Gasteiger partial charge < -0.3 is 4.90 Å². The molecule has 0 N–H and O–H groups in total. The van der Waals surface area contributed by atoms with Crippen LogP contribution in [-0.2, 0) is 6.54 Å². The van der Waals surface area contributed by atoms with Crippen LogP contribution in [0.4, 0.5) is 8.78 Å². The zero-order valence-corrected chi connectivity index (χ0v) is 18.7. The van der Waals surface area contributed by atoms with Crippen LogP contribution in [0, 0.1) is 0 Å². The molecule has 1 amide bonds. The largest absolute Gasteiger partial charge is 0.335 e. The fourth-order valence-corrected chi connectivity index (χ4v) is 4.50. The number of carbonyl (C=O) groups is 1. The molecule has 2 fully saturated rings. The molecular weight excluding hydrogens is 459 g/mol. The van der Waals surface area contributed by atoms with Gasteiger partial charge in [0.05, 0.1) is 0 Å². The van der Waals surface area contributed by atoms with Gasteiger partial charge in [-0.3, -0.25) is 9.69 Å². The maximum atomic E-state index is 13.6. The Morgan fingerprint density at radius 1 is 1.09 bits per heavy atom. The molecule has 0 spiro atoms. The lowest BCUT2D eigenvalue weighted by Gasteiger charge is -2.34. The summed E-state index contributed by atoms with van der Waals surface area (Å²) in [5.41, 5.74) is 1.85. The molecule has 1 saturated heterocycles. The summed E-state index contributed by atoms with van der Waals surface area (Å²) in [6.45, 7) is 3.04. The molecule has 0 radical (unpaired) electrons. The van der Waals surface area contributed by atoms with Crippen molar-refractivity contribution in [3.63, 3.8) is 0 Å². The van der Waals surface area contributed by atoms with Gasteiger partial charge in [-0.15, -0.1) is 0 Å². The summed E-state index contributed by atoms with van der Waals surface area (Å²) in [6, 6.07) is 8.36. The monoisotopic (exact) mass is 479 g/mol. The average molecular weight is 480 g/mol. The van der Waals surface area contributed by atoms with Crippen LogP contribution >= 0.6 is 23.2 Å². The van der Waals surface area contributed by atoms with Crippen molar-refractivity contribution in [1.82, 2.24) is 24.4 Å². The number of carbonyl (C=O) groups excluding carboxylic acids is 1. The van der Waals surface area contributed by atoms with E-state index < -0.39 is 6.43 Å². The molecule has 32 heavy (non-hydrogen) atoms. The fraction of sp³-hybridized carbons (Fsp3) is 0.409. The third-order valence-electron chi connectivity index (χ3n) is 5.98. The minimum absolute atomic E-state index is 0.140. The van der Waals surface area contributed by atoms with E-state index in [9.17, 15) is 13.6 Å². The van der Waals surface area contributed by atoms with Crippen LogP contribution in [0.25, 0.3) is 5.65 Å². The van der Waals surface area contributed by atoms with Gasteiger partial charge in [-0.2, -0.15) is 5.10 Å². The third kappa shape index (κ3) is 4.31. The molecule has 1 aliphatic heterocycles. The van der Waals surface area contributed by atoms with Crippen molar-refractivity contribution >= 4 is 34.8 Å². The lowest BCUT2D eigenvalue weighted by Crippen LogP contribution is -2.48. The summed E-state index contributed by atoms with van der Waals surface area (Å²) >= 11 is 12.2. The van der Waals surface area contributed by atoms with Crippen molar-refractivity contribution in [3.8, 4) is 0 Å². The Labute approximate surface area is 193 Å². The minimum Gasteiger partial charge on any atom is -0.335 e. The van der Waals surface area contributed by atoms with Gasteiger partial charge in [-0.1, -0.05) is 29.3 Å². The van der Waals surface area contributed by atoms with Crippen LogP contribution in [0.15, 0.2) is 30.3 Å². The predicted octanol–water partition coefficient (Wildman–Crippen LogP) is 4.81. The lowest BCUT2D eigenvalue weighted by atomic mass is 10.2. The molecule has 3 aromatic rings. The molecule has 1 aliphatic carbocycles. The number of amides is 1. The van der Waals surface area contributed by atoms with Gasteiger partial charge >= 0.3 is 0 Å². The molecule has 6 nitrogen and oxygen atoms in total. The Morgan fingerprint density at radius 3 is 2.50 bits per heavy atom. The summed E-state index contributed by atoms with van der Waals surface area (Å²) in [6.07, 6.45) is -0.779. The number of rotatable bonds is 5. The summed E-state index contributed by atoms with van der Waals surface area (Å²) in [4.78, 5) is 21.4. The second-order valence-corrected chi connectivity index (χ2v) is 9.13. The number of fused-ring (bicyclic) bond motifs is 1. The van der Waals surface area contributed by atoms with E-state index in [4.69, 9.17) is 23.2 Å². The molecule has 2 aromatic heterocycles. The van der Waals surface area contributed by atoms with Crippen molar-refractivity contribution < 1.29 is 13.6 Å². The number of hydrogen-bond donors (Lipinski definition) is 0. The standard InChI is InChI=1S/C22H21Cl2F2N5O/c23-15-4-3-14(16(24)9-15)12-29-5-7-30(8-6-29)22(32)18-11-20-27-17(13-1-2-13)10-19(21(25)26)31(20)28-18/h3-4,9-11,13,21H,1-2,5-8,12H2. The topological polar surface area (TPSA) is 53.7 Å². The van der Waals surface area contributed by atoms with E-state index in [1.165, 1.54) is 12.1 Å². The SMILES string of the molecule is O=C(c1cc2nc(C3CC3)cc(C(F)F)n2n1)N1CCN(Cc2ccc(Cl)cc2Cl)CC1. The molecule has 10 heteroatoms. The minimum atomic E-state index is -2.69. The van der Waals surface area contributed by atoms with Crippen LogP contribution in [0.3, 0.4) is 0 Å². The highest BCUT2D eigenvalue weighted by molar-refractivity contribution is 6.35. The summed E-state index contributed by atoms with van der Waals surface area (Å²) in [5, 5.41) is 5.39. The quantitative estimate of drug-likeness (QED) is 0.526. The van der Waals surface area contributed by atoms with Gasteiger partial charge in [0.25, 0.3) is 12.3 Å². The van der Waals surface area contributed by atoms with Crippen molar-refractivity contribution in [3.05, 3.63) is 63.0 Å². The van der Waals surface area contributed by atoms with Gasteiger partial charge in [0.1, 0.15) is 5.69 Å². The zero-order chi connectivity index (χ0) is 22.4. The Kier molecular flexibility index (Phi) is 5.77. The Hall–Kier alpha value is -2.29. The van der Waals surface area contributed by atoms with Gasteiger partial charge in [0.15, 0.2) is 11.3 Å². The van der Waals surface area contributed by atoms with E-state index in [1.54, 1.807) is 11.0 Å². The molecule has 5 rings (SSSR count). The maximum absolute atomic E-state index is 13.6. The molecule has 1 aromatic carbocycles. The average Bonchev–Trinajstić information content (AvgIpc) is 3.53. The first-order valence-corrected chi connectivity index (χ1v) is 11.3. The van der Waals surface area contributed by atoms with E-state index in [-0.39, 0.29) is 23.2 Å². The van der Waals surface area contributed by atoms with Gasteiger partial charge in [-0.05, 0) is 36.6 Å². The normalized spacial score (nSPS) is 17.5. The van der Waals surface area contributed by atoms with E-state index in [1.807, 2.05) is 12.1 Å². The van der Waals surface area contributed by atoms with Gasteiger partial charge in [0.2, 0.25) is 0 Å². The van der Waals surface area contributed by atoms with Crippen molar-refractivity contribution in [1.29, 1.82) is 0 Å². The highest BCUT2D eigenvalue weighted by atomic mass is 35.5. The fourth-order valence-electron chi connectivity index (χ4n) is 4.03. The zero-order valence-electron chi connectivity index (χ0n) is 17.1. The summed E-state index contributed by atoms with van der Waals surface area (Å²) in [7, 11) is 0. The Morgan fingerprint density at radius 2 is 1.84 bits per heavy atom. The van der Waals surface area contributed by atoms with E-state index in [0.717, 1.165) is 22.9 Å². The van der Waals surface area contributed by atoms with Crippen LogP contribution < -0.4 is 0 Å². The summed E-state index contributed by atoms with van der Waals surface area (Å²) in [5.74, 6) is -0.0402. The van der Waals surface area contributed by atoms with E-state index >= 15 is 0 Å². The number of benzene rings is 1. The molecule has 3 heterocycles. The first-order valence-electron chi connectivity index (χ1n) is 10.5. The smallest absolute Gasteiger partial charge is 0.280 e. The molecule has 168 valence electrons. The van der Waals surface area contributed by atoms with Crippen molar-refractivity contribution in [2.24, 2.45) is 0 Å². The Bertz CT molecular complexity index is 1170. The van der Waals surface area contributed by atoms with Gasteiger partial charge in [0, 0.05) is 60.4 Å². The molecule has 0 atom stereocenters. The van der Waals surface area contributed by atoms with E-state index in [0.29, 0.717) is 54.1 Å². The lowest BCUT2D eigenvalue weighted by molar-refractivity contribution is 0.0622. The highest BCUT2D eigenvalue weighted by Crippen LogP contribution is 2.40. The maximum Gasteiger partial charge on any atom is 0.280 e. The predicted molar refractivity (Wildman–Crippen MR) is 118 cm³/mol. The molecule has 0 unspecified atom stereocenters. The second kappa shape index (κ2) is 8.57. The second-order valence-electron chi connectivity index (χ2n) is 8.28. The molecule has 2 aliphatic rings. The first-order chi connectivity index (χ1) is 15.4. The third-order valence-corrected chi connectivity index (χ3v) is 6.57. The molecule has 1 saturated carbocycles. The van der Waals surface area contributed by atoms with Crippen LogP contribution in [0.1, 0.15) is 52.6 Å². The van der Waals surface area contributed by atoms with Crippen molar-refractivity contribution in [2.45, 2.75) is 31.7 Å². The first kappa shape index (κ1) is 21.6. The number of hydrogen-bond acceptors (Lipinski definition) is 4. The van der Waals surface area contributed by atoms with Crippen LogP contribution in [0.2, 0.25) is 10.0 Å². The Balaban J connectivity index is 1.29. The molecular formula is C22H21Cl2F2N5O. The van der Waals surface area contributed by atoms with Crippen LogP contribution in [-0.4, -0.2) is 56.5 Å². The molecule has 0 bridgehead atoms. The number of alkyl halides is 2. The van der Waals surface area contributed by atoms with E-state index in [2.05, 4.69) is 15.0 Å². The van der Waals surface area contributed by atoms with Crippen molar-refractivity contribution in [2.75, 3.05) is 26.2 Å². The van der Waals surface area contributed by atoms with Crippen LogP contribution in [0.5, 0.6) is 0 Å². The number of nitrogens with zero attached hydrogens (tertiary/aromatic N) is 5. The van der Waals surface area contributed by atoms with Gasteiger partial charge in [-0.25, -0.2) is 18.3 Å². The number of halogens is 4. The highest BCUT2D eigenvalue weighted by Gasteiger charge is 2.29. The number of piperazine rings is 1.